The Balaban J connectivity index is 2.08. The van der Waals surface area contributed by atoms with E-state index in [1.807, 2.05) is 48.9 Å². The van der Waals surface area contributed by atoms with E-state index in [1.54, 1.807) is 0 Å². The van der Waals surface area contributed by atoms with Gasteiger partial charge in [-0.2, -0.15) is 4.57 Å². The summed E-state index contributed by atoms with van der Waals surface area (Å²) in [6.07, 6.45) is 3.02. The molecule has 0 saturated carbocycles. The van der Waals surface area contributed by atoms with E-state index in [0.717, 1.165) is 23.4 Å². The molecule has 1 N–H and O–H groups in total. The summed E-state index contributed by atoms with van der Waals surface area (Å²) in [5.74, 6) is -0.00282. The van der Waals surface area contributed by atoms with E-state index in [4.69, 9.17) is 0 Å². The number of rotatable bonds is 4. The van der Waals surface area contributed by atoms with Crippen LogP contribution in [0.15, 0.2) is 42.6 Å². The SMILES string of the molecule is CCc1ccc(C)[n+](CC(=O)Nc2cccc(C)c2)c1. The van der Waals surface area contributed by atoms with Crippen LogP contribution in [0, 0.1) is 13.8 Å². The molecule has 0 aliphatic heterocycles. The monoisotopic (exact) mass is 269 g/mol. The van der Waals surface area contributed by atoms with Crippen LogP contribution in [0.3, 0.4) is 0 Å². The topological polar surface area (TPSA) is 33.0 Å². The fraction of sp³-hybridized carbons (Fsp3) is 0.294. The Morgan fingerprint density at radius 3 is 2.70 bits per heavy atom. The zero-order valence-corrected chi connectivity index (χ0v) is 12.3. The summed E-state index contributed by atoms with van der Waals surface area (Å²) in [6, 6.07) is 12.0. The summed E-state index contributed by atoms with van der Waals surface area (Å²) in [7, 11) is 0. The molecule has 0 bridgehead atoms. The number of hydrogen-bond acceptors (Lipinski definition) is 1. The normalized spacial score (nSPS) is 10.3. The second-order valence-corrected chi connectivity index (χ2v) is 5.08. The highest BCUT2D eigenvalue weighted by atomic mass is 16.1. The van der Waals surface area contributed by atoms with Gasteiger partial charge in [0.1, 0.15) is 0 Å². The van der Waals surface area contributed by atoms with Gasteiger partial charge in [-0.05, 0) is 37.1 Å². The molecule has 20 heavy (non-hydrogen) atoms. The first-order valence-electron chi connectivity index (χ1n) is 6.94. The van der Waals surface area contributed by atoms with Crippen LogP contribution in [0.5, 0.6) is 0 Å². The minimum Gasteiger partial charge on any atom is -0.321 e. The van der Waals surface area contributed by atoms with Gasteiger partial charge < -0.3 is 5.32 Å². The van der Waals surface area contributed by atoms with Gasteiger partial charge in [0.25, 0.3) is 5.91 Å². The van der Waals surface area contributed by atoms with E-state index in [1.165, 1.54) is 5.56 Å². The molecule has 1 aromatic heterocycles. The number of aromatic nitrogens is 1. The lowest BCUT2D eigenvalue weighted by Crippen LogP contribution is -2.43. The number of carbonyl (C=O) groups excluding carboxylic acids is 1. The smallest absolute Gasteiger partial charge is 0.290 e. The third kappa shape index (κ3) is 3.67. The Morgan fingerprint density at radius 2 is 2.00 bits per heavy atom. The number of carbonyl (C=O) groups is 1. The van der Waals surface area contributed by atoms with Gasteiger partial charge in [-0.1, -0.05) is 19.1 Å². The predicted octanol–water partition coefficient (Wildman–Crippen LogP) is 2.79. The quantitative estimate of drug-likeness (QED) is 0.851. The number of nitrogens with one attached hydrogen (secondary N) is 1. The first-order chi connectivity index (χ1) is 9.58. The largest absolute Gasteiger partial charge is 0.321 e. The first kappa shape index (κ1) is 14.3. The maximum absolute atomic E-state index is 12.1. The number of benzene rings is 1. The minimum atomic E-state index is -0.00282. The van der Waals surface area contributed by atoms with Crippen LogP contribution in [-0.2, 0) is 17.8 Å². The van der Waals surface area contributed by atoms with Gasteiger partial charge in [0.15, 0.2) is 11.9 Å². The molecule has 0 spiro atoms. The van der Waals surface area contributed by atoms with E-state index >= 15 is 0 Å². The maximum atomic E-state index is 12.1. The van der Waals surface area contributed by atoms with Crippen LogP contribution in [-0.4, -0.2) is 5.91 Å². The van der Waals surface area contributed by atoms with Crippen LogP contribution in [0.25, 0.3) is 0 Å². The molecular formula is C17H21N2O+. The molecule has 0 atom stereocenters. The Bertz CT molecular complexity index is 620. The average molecular weight is 269 g/mol. The fourth-order valence-electron chi connectivity index (χ4n) is 2.13. The van der Waals surface area contributed by atoms with E-state index in [0.29, 0.717) is 6.54 Å². The standard InChI is InChI=1S/C17H20N2O/c1-4-15-9-8-14(3)19(11-15)12-17(20)18-16-7-5-6-13(2)10-16/h5-11H,4,12H2,1-3H3/p+1. The van der Waals surface area contributed by atoms with Crippen LogP contribution in [0.4, 0.5) is 5.69 Å². The molecule has 2 aromatic rings. The van der Waals surface area contributed by atoms with E-state index < -0.39 is 0 Å². The lowest BCUT2D eigenvalue weighted by atomic mass is 10.2. The van der Waals surface area contributed by atoms with Crippen LogP contribution in [0.2, 0.25) is 0 Å². The summed E-state index contributed by atoms with van der Waals surface area (Å²) in [5.41, 5.74) is 4.31. The molecule has 0 aliphatic rings. The van der Waals surface area contributed by atoms with Gasteiger partial charge in [-0.3, -0.25) is 4.79 Å². The van der Waals surface area contributed by atoms with Crippen molar-refractivity contribution in [1.29, 1.82) is 0 Å². The highest BCUT2D eigenvalue weighted by Gasteiger charge is 2.13. The van der Waals surface area contributed by atoms with Crippen molar-refractivity contribution in [3.05, 3.63) is 59.4 Å². The van der Waals surface area contributed by atoms with E-state index in [-0.39, 0.29) is 5.91 Å². The second-order valence-electron chi connectivity index (χ2n) is 5.08. The van der Waals surface area contributed by atoms with Crippen LogP contribution in [0.1, 0.15) is 23.7 Å². The third-order valence-electron chi connectivity index (χ3n) is 3.34. The third-order valence-corrected chi connectivity index (χ3v) is 3.34. The van der Waals surface area contributed by atoms with Crippen molar-refractivity contribution in [3.63, 3.8) is 0 Å². The highest BCUT2D eigenvalue weighted by molar-refractivity contribution is 5.89. The fourth-order valence-corrected chi connectivity index (χ4v) is 2.13. The Morgan fingerprint density at radius 1 is 1.20 bits per heavy atom. The predicted molar refractivity (Wildman–Crippen MR) is 80.6 cm³/mol. The summed E-state index contributed by atoms with van der Waals surface area (Å²) in [5, 5.41) is 2.94. The van der Waals surface area contributed by atoms with Crippen molar-refractivity contribution in [2.45, 2.75) is 33.7 Å². The Labute approximate surface area is 120 Å². The average Bonchev–Trinajstić information content (AvgIpc) is 2.41. The zero-order valence-electron chi connectivity index (χ0n) is 12.3. The van der Waals surface area contributed by atoms with Crippen molar-refractivity contribution in [2.24, 2.45) is 0 Å². The molecule has 0 radical (unpaired) electrons. The summed E-state index contributed by atoms with van der Waals surface area (Å²) in [4.78, 5) is 12.1. The lowest BCUT2D eigenvalue weighted by molar-refractivity contribution is -0.690. The van der Waals surface area contributed by atoms with Crippen molar-refractivity contribution in [2.75, 3.05) is 5.32 Å². The molecule has 2 rings (SSSR count). The second kappa shape index (κ2) is 6.33. The van der Waals surface area contributed by atoms with Crippen molar-refractivity contribution < 1.29 is 9.36 Å². The van der Waals surface area contributed by atoms with Crippen molar-refractivity contribution >= 4 is 11.6 Å². The molecule has 1 amide bonds. The molecule has 3 nitrogen and oxygen atoms in total. The molecule has 3 heteroatoms. The summed E-state index contributed by atoms with van der Waals surface area (Å²) in [6.45, 7) is 6.48. The summed E-state index contributed by atoms with van der Waals surface area (Å²) >= 11 is 0. The first-order valence-corrected chi connectivity index (χ1v) is 6.94. The maximum Gasteiger partial charge on any atom is 0.290 e. The molecule has 0 aliphatic carbocycles. The number of amides is 1. The van der Waals surface area contributed by atoms with Crippen molar-refractivity contribution in [3.8, 4) is 0 Å². The van der Waals surface area contributed by atoms with Gasteiger partial charge in [0.05, 0.1) is 0 Å². The number of nitrogens with zero attached hydrogens (tertiary/aromatic N) is 1. The molecule has 0 saturated heterocycles. The van der Waals surface area contributed by atoms with E-state index in [9.17, 15) is 4.79 Å². The molecular weight excluding hydrogens is 248 g/mol. The van der Waals surface area contributed by atoms with Gasteiger partial charge >= 0.3 is 0 Å². The number of aryl methyl sites for hydroxylation is 3. The van der Waals surface area contributed by atoms with E-state index in [2.05, 4.69) is 24.4 Å². The number of hydrogen-bond donors (Lipinski definition) is 1. The minimum absolute atomic E-state index is 0.00282. The van der Waals surface area contributed by atoms with Gasteiger partial charge in [-0.25, -0.2) is 0 Å². The zero-order chi connectivity index (χ0) is 14.5. The van der Waals surface area contributed by atoms with Gasteiger partial charge in [-0.15, -0.1) is 0 Å². The molecule has 1 heterocycles. The molecule has 1 aromatic carbocycles. The molecule has 104 valence electrons. The molecule has 0 fully saturated rings. The number of anilines is 1. The van der Waals surface area contributed by atoms with Gasteiger partial charge in [0, 0.05) is 24.2 Å². The summed E-state index contributed by atoms with van der Waals surface area (Å²) < 4.78 is 1.99. The Hall–Kier alpha value is -2.16. The highest BCUT2D eigenvalue weighted by Crippen LogP contribution is 2.09. The lowest BCUT2D eigenvalue weighted by Gasteiger charge is -2.06. The van der Waals surface area contributed by atoms with Gasteiger partial charge in [0.2, 0.25) is 6.54 Å². The number of pyridine rings is 1. The molecule has 0 unspecified atom stereocenters. The van der Waals surface area contributed by atoms with Crippen LogP contribution >= 0.6 is 0 Å². The van der Waals surface area contributed by atoms with Crippen LogP contribution < -0.4 is 9.88 Å². The Kier molecular flexibility index (Phi) is 4.51. The van der Waals surface area contributed by atoms with Crippen molar-refractivity contribution in [1.82, 2.24) is 0 Å².